The van der Waals surface area contributed by atoms with Crippen LogP contribution in [0.4, 0.5) is 5.69 Å². The molecule has 74 valence electrons. The molecule has 0 aliphatic heterocycles. The van der Waals surface area contributed by atoms with Crippen molar-refractivity contribution in [2.75, 3.05) is 5.32 Å². The van der Waals surface area contributed by atoms with Gasteiger partial charge in [-0.15, -0.1) is 0 Å². The first-order valence-electron chi connectivity index (χ1n) is 4.64. The van der Waals surface area contributed by atoms with Gasteiger partial charge in [0.2, 0.25) is 0 Å². The lowest BCUT2D eigenvalue weighted by Crippen LogP contribution is -2.12. The van der Waals surface area contributed by atoms with Gasteiger partial charge < -0.3 is 5.32 Å². The minimum Gasteiger partial charge on any atom is -0.322 e. The Kier molecular flexibility index (Phi) is 3.46. The number of amides is 1. The SMILES string of the molecule is C/C=C(\C)C(=O)Nc1ccc(C)cc1. The molecule has 2 heteroatoms. The normalized spacial score (nSPS) is 11.2. The first kappa shape index (κ1) is 10.5. The molecule has 0 fully saturated rings. The molecule has 0 unspecified atom stereocenters. The highest BCUT2D eigenvalue weighted by atomic mass is 16.1. The third kappa shape index (κ3) is 2.73. The van der Waals surface area contributed by atoms with Crippen LogP contribution in [0.2, 0.25) is 0 Å². The molecule has 0 aliphatic carbocycles. The van der Waals surface area contributed by atoms with Crippen LogP contribution in [0.1, 0.15) is 19.4 Å². The van der Waals surface area contributed by atoms with Crippen molar-refractivity contribution in [2.45, 2.75) is 20.8 Å². The summed E-state index contributed by atoms with van der Waals surface area (Å²) in [6.45, 7) is 5.66. The van der Waals surface area contributed by atoms with Gasteiger partial charge in [-0.05, 0) is 32.9 Å². The van der Waals surface area contributed by atoms with E-state index in [-0.39, 0.29) is 5.91 Å². The Morgan fingerprint density at radius 1 is 1.29 bits per heavy atom. The summed E-state index contributed by atoms with van der Waals surface area (Å²) >= 11 is 0. The Hall–Kier alpha value is -1.57. The number of benzene rings is 1. The molecule has 0 saturated heterocycles. The number of hydrogen-bond donors (Lipinski definition) is 1. The number of hydrogen-bond acceptors (Lipinski definition) is 1. The molecule has 0 aliphatic rings. The van der Waals surface area contributed by atoms with Crippen molar-refractivity contribution in [3.05, 3.63) is 41.5 Å². The monoisotopic (exact) mass is 189 g/mol. The molecule has 0 saturated carbocycles. The van der Waals surface area contributed by atoms with Crippen molar-refractivity contribution in [3.63, 3.8) is 0 Å². The van der Waals surface area contributed by atoms with Gasteiger partial charge in [-0.25, -0.2) is 0 Å². The molecule has 1 aromatic rings. The maximum absolute atomic E-state index is 11.4. The van der Waals surface area contributed by atoms with Crippen LogP contribution in [0, 0.1) is 6.92 Å². The van der Waals surface area contributed by atoms with Crippen LogP contribution in [0.15, 0.2) is 35.9 Å². The Balaban J connectivity index is 2.70. The summed E-state index contributed by atoms with van der Waals surface area (Å²) in [5.74, 6) is -0.0450. The van der Waals surface area contributed by atoms with E-state index in [9.17, 15) is 4.79 Å². The molecule has 0 spiro atoms. The van der Waals surface area contributed by atoms with Gasteiger partial charge in [-0.1, -0.05) is 23.8 Å². The van der Waals surface area contributed by atoms with Crippen LogP contribution in [0.5, 0.6) is 0 Å². The lowest BCUT2D eigenvalue weighted by atomic mass is 10.2. The van der Waals surface area contributed by atoms with Gasteiger partial charge >= 0.3 is 0 Å². The average Bonchev–Trinajstić information content (AvgIpc) is 2.20. The number of allylic oxidation sites excluding steroid dienone is 1. The Morgan fingerprint density at radius 3 is 2.36 bits per heavy atom. The lowest BCUT2D eigenvalue weighted by molar-refractivity contribution is -0.112. The molecule has 1 N–H and O–H groups in total. The van der Waals surface area contributed by atoms with Crippen molar-refractivity contribution in [1.82, 2.24) is 0 Å². The Morgan fingerprint density at radius 2 is 1.86 bits per heavy atom. The first-order chi connectivity index (χ1) is 6.63. The summed E-state index contributed by atoms with van der Waals surface area (Å²) in [5.41, 5.74) is 2.75. The second-order valence-electron chi connectivity index (χ2n) is 3.29. The van der Waals surface area contributed by atoms with Gasteiger partial charge in [0.15, 0.2) is 0 Å². The van der Waals surface area contributed by atoms with E-state index in [2.05, 4.69) is 5.32 Å². The molecule has 0 aromatic heterocycles. The fourth-order valence-corrected chi connectivity index (χ4v) is 0.998. The van der Waals surface area contributed by atoms with Gasteiger partial charge in [-0.3, -0.25) is 4.79 Å². The van der Waals surface area contributed by atoms with Crippen molar-refractivity contribution in [2.24, 2.45) is 0 Å². The molecule has 0 bridgehead atoms. The summed E-state index contributed by atoms with van der Waals surface area (Å²) in [4.78, 5) is 11.4. The average molecular weight is 189 g/mol. The summed E-state index contributed by atoms with van der Waals surface area (Å²) in [7, 11) is 0. The number of carbonyl (C=O) groups is 1. The molecule has 0 atom stereocenters. The third-order valence-corrected chi connectivity index (χ3v) is 2.10. The van der Waals surface area contributed by atoms with E-state index in [4.69, 9.17) is 0 Å². The number of carbonyl (C=O) groups excluding carboxylic acids is 1. The van der Waals surface area contributed by atoms with E-state index in [1.807, 2.05) is 38.1 Å². The van der Waals surface area contributed by atoms with Gasteiger partial charge in [-0.2, -0.15) is 0 Å². The maximum Gasteiger partial charge on any atom is 0.250 e. The molecule has 14 heavy (non-hydrogen) atoms. The first-order valence-corrected chi connectivity index (χ1v) is 4.64. The molecule has 1 rings (SSSR count). The fraction of sp³-hybridized carbons (Fsp3) is 0.250. The summed E-state index contributed by atoms with van der Waals surface area (Å²) in [5, 5.41) is 2.81. The molecule has 1 amide bonds. The zero-order valence-electron chi connectivity index (χ0n) is 8.79. The lowest BCUT2D eigenvalue weighted by Gasteiger charge is -2.04. The smallest absolute Gasteiger partial charge is 0.250 e. The summed E-state index contributed by atoms with van der Waals surface area (Å²) in [6.07, 6.45) is 1.80. The number of aryl methyl sites for hydroxylation is 1. The molecule has 0 heterocycles. The zero-order chi connectivity index (χ0) is 10.6. The highest BCUT2D eigenvalue weighted by Crippen LogP contribution is 2.09. The standard InChI is InChI=1S/C12H15NO/c1-4-10(3)12(14)13-11-7-5-9(2)6-8-11/h4-8H,1-3H3,(H,13,14)/b10-4+. The molecule has 2 nitrogen and oxygen atoms in total. The number of rotatable bonds is 2. The van der Waals surface area contributed by atoms with Crippen LogP contribution in [0.25, 0.3) is 0 Å². The molecule has 1 aromatic carbocycles. The van der Waals surface area contributed by atoms with Crippen LogP contribution >= 0.6 is 0 Å². The van der Waals surface area contributed by atoms with E-state index in [1.165, 1.54) is 5.56 Å². The predicted molar refractivity (Wildman–Crippen MR) is 59.2 cm³/mol. The van der Waals surface area contributed by atoms with E-state index >= 15 is 0 Å². The molecular weight excluding hydrogens is 174 g/mol. The molecular formula is C12H15NO. The van der Waals surface area contributed by atoms with Crippen LogP contribution < -0.4 is 5.32 Å². The fourth-order valence-electron chi connectivity index (χ4n) is 0.998. The van der Waals surface area contributed by atoms with E-state index in [0.29, 0.717) is 0 Å². The number of anilines is 1. The van der Waals surface area contributed by atoms with E-state index in [0.717, 1.165) is 11.3 Å². The maximum atomic E-state index is 11.4. The summed E-state index contributed by atoms with van der Waals surface area (Å²) in [6, 6.07) is 7.74. The minimum atomic E-state index is -0.0450. The van der Waals surface area contributed by atoms with Crippen LogP contribution in [0.3, 0.4) is 0 Å². The second-order valence-corrected chi connectivity index (χ2v) is 3.29. The van der Waals surface area contributed by atoms with Crippen molar-refractivity contribution in [1.29, 1.82) is 0 Å². The minimum absolute atomic E-state index is 0.0450. The largest absolute Gasteiger partial charge is 0.322 e. The highest BCUT2D eigenvalue weighted by molar-refractivity contribution is 6.03. The van der Waals surface area contributed by atoms with Crippen molar-refractivity contribution < 1.29 is 4.79 Å². The Labute approximate surface area is 84.6 Å². The number of nitrogens with one attached hydrogen (secondary N) is 1. The summed E-state index contributed by atoms with van der Waals surface area (Å²) < 4.78 is 0. The van der Waals surface area contributed by atoms with E-state index < -0.39 is 0 Å². The van der Waals surface area contributed by atoms with Crippen LogP contribution in [-0.4, -0.2) is 5.91 Å². The van der Waals surface area contributed by atoms with Crippen molar-refractivity contribution in [3.8, 4) is 0 Å². The second kappa shape index (κ2) is 4.61. The zero-order valence-corrected chi connectivity index (χ0v) is 8.79. The quantitative estimate of drug-likeness (QED) is 0.712. The van der Waals surface area contributed by atoms with Gasteiger partial charge in [0.1, 0.15) is 0 Å². The van der Waals surface area contributed by atoms with Gasteiger partial charge in [0.05, 0.1) is 0 Å². The van der Waals surface area contributed by atoms with Crippen molar-refractivity contribution >= 4 is 11.6 Å². The third-order valence-electron chi connectivity index (χ3n) is 2.10. The van der Waals surface area contributed by atoms with E-state index in [1.54, 1.807) is 13.0 Å². The van der Waals surface area contributed by atoms with Gasteiger partial charge in [0.25, 0.3) is 5.91 Å². The highest BCUT2D eigenvalue weighted by Gasteiger charge is 2.02. The predicted octanol–water partition coefficient (Wildman–Crippen LogP) is 2.90. The topological polar surface area (TPSA) is 29.1 Å². The Bertz CT molecular complexity index is 349. The van der Waals surface area contributed by atoms with Gasteiger partial charge in [0, 0.05) is 11.3 Å². The molecule has 0 radical (unpaired) electrons. The van der Waals surface area contributed by atoms with Crippen LogP contribution in [-0.2, 0) is 4.79 Å².